The van der Waals surface area contributed by atoms with Crippen molar-refractivity contribution in [1.82, 2.24) is 10.2 Å². The van der Waals surface area contributed by atoms with E-state index >= 15 is 0 Å². The molecule has 1 amide bonds. The van der Waals surface area contributed by atoms with E-state index < -0.39 is 0 Å². The van der Waals surface area contributed by atoms with Crippen LogP contribution in [0, 0.1) is 0 Å². The van der Waals surface area contributed by atoms with Gasteiger partial charge in [-0.15, -0.1) is 0 Å². The number of carbonyl (C=O) groups is 1. The lowest BCUT2D eigenvalue weighted by atomic mass is 10.4. The second-order valence-electron chi connectivity index (χ2n) is 2.73. The molecule has 11 heavy (non-hydrogen) atoms. The van der Waals surface area contributed by atoms with Crippen LogP contribution in [0.3, 0.4) is 0 Å². The maximum Gasteiger partial charge on any atom is 0.244 e. The molecular weight excluding hydrogens is 140 g/mol. The minimum atomic E-state index is -0.0862. The number of nitrogens with zero attached hydrogens (tertiary/aromatic N) is 1. The highest BCUT2D eigenvalue weighted by molar-refractivity contribution is 5.86. The maximum atomic E-state index is 10.7. The monoisotopic (exact) mass is 154 g/mol. The fourth-order valence-electron chi connectivity index (χ4n) is 1.20. The van der Waals surface area contributed by atoms with Crippen LogP contribution < -0.4 is 5.32 Å². The Bertz CT molecular complexity index is 150. The maximum absolute atomic E-state index is 10.7. The van der Waals surface area contributed by atoms with Crippen molar-refractivity contribution in [3.63, 3.8) is 0 Å². The molecule has 1 fully saturated rings. The predicted molar refractivity (Wildman–Crippen MR) is 44.0 cm³/mol. The molecule has 0 spiro atoms. The molecule has 0 aromatic rings. The van der Waals surface area contributed by atoms with Crippen molar-refractivity contribution in [3.05, 3.63) is 12.7 Å². The smallest absolute Gasteiger partial charge is 0.244 e. The summed E-state index contributed by atoms with van der Waals surface area (Å²) in [6, 6.07) is 0. The van der Waals surface area contributed by atoms with Gasteiger partial charge in [0.2, 0.25) is 5.91 Å². The summed E-state index contributed by atoms with van der Waals surface area (Å²) in [6.07, 6.45) is 3.81. The van der Waals surface area contributed by atoms with E-state index in [-0.39, 0.29) is 5.91 Å². The lowest BCUT2D eigenvalue weighted by Crippen LogP contribution is -2.34. The Labute approximate surface area is 67.1 Å². The van der Waals surface area contributed by atoms with E-state index in [1.165, 1.54) is 18.9 Å². The van der Waals surface area contributed by atoms with E-state index in [1.54, 1.807) is 0 Å². The van der Waals surface area contributed by atoms with Crippen molar-refractivity contribution in [3.8, 4) is 0 Å². The number of nitrogens with one attached hydrogen (secondary N) is 1. The Morgan fingerprint density at radius 1 is 1.55 bits per heavy atom. The van der Waals surface area contributed by atoms with Crippen molar-refractivity contribution in [2.45, 2.75) is 12.8 Å². The van der Waals surface area contributed by atoms with Gasteiger partial charge in [-0.25, -0.2) is 0 Å². The first kappa shape index (κ1) is 8.27. The van der Waals surface area contributed by atoms with Crippen molar-refractivity contribution < 1.29 is 4.79 Å². The molecule has 1 saturated heterocycles. The molecule has 3 nitrogen and oxygen atoms in total. The van der Waals surface area contributed by atoms with Crippen molar-refractivity contribution in [1.29, 1.82) is 0 Å². The SMILES string of the molecule is C=CC(=O)NCN1CCCC1. The Morgan fingerprint density at radius 2 is 2.18 bits per heavy atom. The topological polar surface area (TPSA) is 32.3 Å². The van der Waals surface area contributed by atoms with Gasteiger partial charge in [0.25, 0.3) is 0 Å². The molecule has 0 aromatic carbocycles. The minimum absolute atomic E-state index is 0.0862. The molecule has 62 valence electrons. The Kier molecular flexibility index (Phi) is 3.11. The summed E-state index contributed by atoms with van der Waals surface area (Å²) in [7, 11) is 0. The van der Waals surface area contributed by atoms with Gasteiger partial charge in [-0.05, 0) is 32.0 Å². The molecule has 0 aliphatic carbocycles. The number of rotatable bonds is 3. The fourth-order valence-corrected chi connectivity index (χ4v) is 1.20. The number of hydrogen-bond acceptors (Lipinski definition) is 2. The molecule has 0 aromatic heterocycles. The molecule has 3 heteroatoms. The first-order valence-corrected chi connectivity index (χ1v) is 3.95. The van der Waals surface area contributed by atoms with Crippen molar-refractivity contribution in [2.24, 2.45) is 0 Å². The van der Waals surface area contributed by atoms with Gasteiger partial charge < -0.3 is 5.32 Å². The van der Waals surface area contributed by atoms with Crippen LogP contribution in [0.1, 0.15) is 12.8 Å². The highest BCUT2D eigenvalue weighted by Gasteiger charge is 2.10. The van der Waals surface area contributed by atoms with Crippen LogP contribution in [0.2, 0.25) is 0 Å². The predicted octanol–water partition coefficient (Wildman–Crippen LogP) is 0.342. The quantitative estimate of drug-likeness (QED) is 0.595. The van der Waals surface area contributed by atoms with Gasteiger partial charge in [0.1, 0.15) is 0 Å². The summed E-state index contributed by atoms with van der Waals surface area (Å²) >= 11 is 0. The standard InChI is InChI=1S/C8H14N2O/c1-2-8(11)9-7-10-5-3-4-6-10/h2H,1,3-7H2,(H,9,11). The van der Waals surface area contributed by atoms with E-state index in [4.69, 9.17) is 0 Å². The van der Waals surface area contributed by atoms with E-state index in [9.17, 15) is 4.79 Å². The molecule has 0 unspecified atom stereocenters. The van der Waals surface area contributed by atoms with E-state index in [0.29, 0.717) is 6.67 Å². The van der Waals surface area contributed by atoms with Gasteiger partial charge in [-0.2, -0.15) is 0 Å². The third-order valence-electron chi connectivity index (χ3n) is 1.86. The van der Waals surface area contributed by atoms with Gasteiger partial charge in [-0.1, -0.05) is 6.58 Å². The molecule has 1 aliphatic rings. The first-order chi connectivity index (χ1) is 5.33. The van der Waals surface area contributed by atoms with Crippen molar-refractivity contribution >= 4 is 5.91 Å². The molecular formula is C8H14N2O. The average molecular weight is 154 g/mol. The summed E-state index contributed by atoms with van der Waals surface area (Å²) in [5, 5.41) is 2.74. The third kappa shape index (κ3) is 2.72. The molecule has 1 heterocycles. The van der Waals surface area contributed by atoms with Gasteiger partial charge in [-0.3, -0.25) is 9.69 Å². The first-order valence-electron chi connectivity index (χ1n) is 3.95. The van der Waals surface area contributed by atoms with Gasteiger partial charge in [0.05, 0.1) is 6.67 Å². The largest absolute Gasteiger partial charge is 0.340 e. The second-order valence-corrected chi connectivity index (χ2v) is 2.73. The Balaban J connectivity index is 2.10. The van der Waals surface area contributed by atoms with Gasteiger partial charge in [0.15, 0.2) is 0 Å². The summed E-state index contributed by atoms with van der Waals surface area (Å²) in [5.41, 5.74) is 0. The molecule has 1 rings (SSSR count). The zero-order chi connectivity index (χ0) is 8.10. The Morgan fingerprint density at radius 3 is 2.73 bits per heavy atom. The van der Waals surface area contributed by atoms with E-state index in [2.05, 4.69) is 16.8 Å². The lowest BCUT2D eigenvalue weighted by molar-refractivity contribution is -0.117. The second kappa shape index (κ2) is 4.13. The van der Waals surface area contributed by atoms with Crippen LogP contribution in [-0.4, -0.2) is 30.6 Å². The van der Waals surface area contributed by atoms with Crippen LogP contribution in [0.15, 0.2) is 12.7 Å². The summed E-state index contributed by atoms with van der Waals surface area (Å²) < 4.78 is 0. The zero-order valence-electron chi connectivity index (χ0n) is 6.68. The summed E-state index contributed by atoms with van der Waals surface area (Å²) in [6.45, 7) is 6.26. The lowest BCUT2D eigenvalue weighted by Gasteiger charge is -2.13. The average Bonchev–Trinajstić information content (AvgIpc) is 2.52. The number of hydrogen-bond donors (Lipinski definition) is 1. The van der Waals surface area contributed by atoms with Gasteiger partial charge >= 0.3 is 0 Å². The number of likely N-dealkylation sites (tertiary alicyclic amines) is 1. The summed E-state index contributed by atoms with van der Waals surface area (Å²) in [5.74, 6) is -0.0862. The van der Waals surface area contributed by atoms with Crippen LogP contribution in [0.4, 0.5) is 0 Å². The number of amides is 1. The summed E-state index contributed by atoms with van der Waals surface area (Å²) in [4.78, 5) is 12.9. The van der Waals surface area contributed by atoms with Crippen molar-refractivity contribution in [2.75, 3.05) is 19.8 Å². The molecule has 1 N–H and O–H groups in total. The molecule has 1 aliphatic heterocycles. The van der Waals surface area contributed by atoms with Crippen LogP contribution in [0.25, 0.3) is 0 Å². The molecule has 0 saturated carbocycles. The van der Waals surface area contributed by atoms with E-state index in [1.807, 2.05) is 0 Å². The number of carbonyl (C=O) groups excluding carboxylic acids is 1. The highest BCUT2D eigenvalue weighted by atomic mass is 16.1. The highest BCUT2D eigenvalue weighted by Crippen LogP contribution is 2.04. The normalized spacial score (nSPS) is 18.2. The molecule has 0 atom stereocenters. The fraction of sp³-hybridized carbons (Fsp3) is 0.625. The van der Waals surface area contributed by atoms with Gasteiger partial charge in [0, 0.05) is 0 Å². The van der Waals surface area contributed by atoms with E-state index in [0.717, 1.165) is 13.1 Å². The minimum Gasteiger partial charge on any atom is -0.340 e. The Hall–Kier alpha value is -0.830. The van der Waals surface area contributed by atoms with Crippen LogP contribution in [-0.2, 0) is 4.79 Å². The third-order valence-corrected chi connectivity index (χ3v) is 1.86. The molecule has 0 bridgehead atoms. The van der Waals surface area contributed by atoms with Crippen LogP contribution in [0.5, 0.6) is 0 Å². The van der Waals surface area contributed by atoms with Crippen LogP contribution >= 0.6 is 0 Å². The zero-order valence-corrected chi connectivity index (χ0v) is 6.68. The molecule has 0 radical (unpaired) electrons.